The Morgan fingerprint density at radius 1 is 1.42 bits per heavy atom. The Balaban J connectivity index is 1.82. The molecule has 3 N–H and O–H groups in total. The number of carbonyl (C=O) groups is 2. The third kappa shape index (κ3) is 3.06. The number of nitrogens with zero attached hydrogens (tertiary/aromatic N) is 1. The second-order valence-corrected chi connectivity index (χ2v) is 5.86. The molecule has 2 aliphatic rings. The third-order valence-electron chi connectivity index (χ3n) is 4.19. The van der Waals surface area contributed by atoms with Gasteiger partial charge >= 0.3 is 5.97 Å². The maximum atomic E-state index is 12.3. The number of nitrogens with two attached hydrogens (primary N) is 1. The van der Waals surface area contributed by atoms with Crippen molar-refractivity contribution >= 4 is 11.9 Å². The molecular formula is C13H22N2O4. The quantitative estimate of drug-likeness (QED) is 0.737. The van der Waals surface area contributed by atoms with Crippen LogP contribution in [0.5, 0.6) is 0 Å². The Kier molecular flexibility index (Phi) is 4.10. The molecule has 1 saturated carbocycles. The van der Waals surface area contributed by atoms with E-state index < -0.39 is 11.6 Å². The van der Waals surface area contributed by atoms with Gasteiger partial charge in [0.05, 0.1) is 13.1 Å². The molecule has 0 radical (unpaired) electrons. The lowest BCUT2D eigenvalue weighted by Gasteiger charge is -2.48. The van der Waals surface area contributed by atoms with E-state index in [0.717, 1.165) is 19.3 Å². The Morgan fingerprint density at radius 3 is 2.68 bits per heavy atom. The number of carboxylic acid groups (broad SMARTS) is 1. The Labute approximate surface area is 112 Å². The predicted molar refractivity (Wildman–Crippen MR) is 68.5 cm³/mol. The molecule has 2 fully saturated rings. The molecule has 0 spiro atoms. The van der Waals surface area contributed by atoms with E-state index in [4.69, 9.17) is 15.6 Å². The van der Waals surface area contributed by atoms with Crippen molar-refractivity contribution in [1.29, 1.82) is 0 Å². The molecule has 19 heavy (non-hydrogen) atoms. The molecule has 2 atom stereocenters. The van der Waals surface area contributed by atoms with E-state index in [9.17, 15) is 9.59 Å². The molecule has 0 bridgehead atoms. The molecule has 1 amide bonds. The van der Waals surface area contributed by atoms with Crippen LogP contribution in [0.15, 0.2) is 0 Å². The van der Waals surface area contributed by atoms with Crippen molar-refractivity contribution in [3.8, 4) is 0 Å². The molecule has 2 rings (SSSR count). The lowest BCUT2D eigenvalue weighted by Crippen LogP contribution is -2.64. The van der Waals surface area contributed by atoms with Gasteiger partial charge in [-0.15, -0.1) is 0 Å². The van der Waals surface area contributed by atoms with E-state index >= 15 is 0 Å². The average Bonchev–Trinajstić information content (AvgIpc) is 2.80. The van der Waals surface area contributed by atoms with Crippen molar-refractivity contribution in [2.24, 2.45) is 17.6 Å². The average molecular weight is 270 g/mol. The minimum atomic E-state index is -0.981. The van der Waals surface area contributed by atoms with Gasteiger partial charge in [0, 0.05) is 5.92 Å². The van der Waals surface area contributed by atoms with Crippen molar-refractivity contribution in [2.45, 2.75) is 31.8 Å². The summed E-state index contributed by atoms with van der Waals surface area (Å²) in [7, 11) is 0. The molecular weight excluding hydrogens is 248 g/mol. The number of hydrogen-bond donors (Lipinski definition) is 2. The van der Waals surface area contributed by atoms with Gasteiger partial charge in [-0.05, 0) is 32.2 Å². The summed E-state index contributed by atoms with van der Waals surface area (Å²) in [5, 5.41) is 8.59. The molecule has 108 valence electrons. The van der Waals surface area contributed by atoms with Gasteiger partial charge in [0.2, 0.25) is 5.91 Å². The van der Waals surface area contributed by atoms with Crippen LogP contribution in [-0.4, -0.2) is 53.7 Å². The normalized spacial score (nSPS) is 29.1. The molecule has 1 heterocycles. The zero-order valence-corrected chi connectivity index (χ0v) is 11.3. The first-order valence-electron chi connectivity index (χ1n) is 6.80. The smallest absolute Gasteiger partial charge is 0.329 e. The molecule has 1 saturated heterocycles. The van der Waals surface area contributed by atoms with E-state index in [1.54, 1.807) is 4.90 Å². The molecule has 0 aromatic carbocycles. The summed E-state index contributed by atoms with van der Waals surface area (Å²) >= 11 is 0. The number of ether oxygens (including phenoxy) is 1. The fourth-order valence-corrected chi connectivity index (χ4v) is 3.12. The van der Waals surface area contributed by atoms with Gasteiger partial charge in [0.25, 0.3) is 0 Å². The van der Waals surface area contributed by atoms with E-state index in [-0.39, 0.29) is 18.4 Å². The molecule has 6 nitrogen and oxygen atoms in total. The third-order valence-corrected chi connectivity index (χ3v) is 4.19. The predicted octanol–water partition coefficient (Wildman–Crippen LogP) is 0.0635. The SMILES string of the molecule is CC1(OCC(=O)O)CN(C(=O)C2CCCC2CN)C1. The minimum Gasteiger partial charge on any atom is -0.480 e. The Bertz CT molecular complexity index is 366. The van der Waals surface area contributed by atoms with Gasteiger partial charge in [0.15, 0.2) is 0 Å². The first-order valence-corrected chi connectivity index (χ1v) is 6.80. The summed E-state index contributed by atoms with van der Waals surface area (Å²) in [6.07, 6.45) is 3.02. The Hall–Kier alpha value is -1.14. The summed E-state index contributed by atoms with van der Waals surface area (Å²) < 4.78 is 5.30. The molecule has 2 unspecified atom stereocenters. The second-order valence-electron chi connectivity index (χ2n) is 5.86. The van der Waals surface area contributed by atoms with Crippen LogP contribution in [0.1, 0.15) is 26.2 Å². The first-order chi connectivity index (χ1) is 8.95. The number of rotatable bonds is 5. The van der Waals surface area contributed by atoms with Crippen LogP contribution < -0.4 is 5.73 Å². The van der Waals surface area contributed by atoms with E-state index in [1.807, 2.05) is 6.92 Å². The van der Waals surface area contributed by atoms with Gasteiger partial charge in [0.1, 0.15) is 12.2 Å². The van der Waals surface area contributed by atoms with Crippen LogP contribution in [0, 0.1) is 11.8 Å². The monoisotopic (exact) mass is 270 g/mol. The lowest BCUT2D eigenvalue weighted by atomic mass is 9.89. The topological polar surface area (TPSA) is 92.9 Å². The Morgan fingerprint density at radius 2 is 2.11 bits per heavy atom. The first kappa shape index (κ1) is 14.3. The number of carboxylic acids is 1. The molecule has 0 aromatic heterocycles. The summed E-state index contributed by atoms with van der Waals surface area (Å²) in [5.41, 5.74) is 5.19. The number of amides is 1. The summed E-state index contributed by atoms with van der Waals surface area (Å²) in [4.78, 5) is 24.6. The van der Waals surface area contributed by atoms with Gasteiger partial charge in [-0.25, -0.2) is 4.79 Å². The molecule has 1 aliphatic heterocycles. The highest BCUT2D eigenvalue weighted by atomic mass is 16.5. The minimum absolute atomic E-state index is 0.0500. The molecule has 6 heteroatoms. The van der Waals surface area contributed by atoms with Gasteiger partial charge in [-0.2, -0.15) is 0 Å². The number of aliphatic carboxylic acids is 1. The van der Waals surface area contributed by atoms with Crippen LogP contribution in [0.25, 0.3) is 0 Å². The number of likely N-dealkylation sites (tertiary alicyclic amines) is 1. The van der Waals surface area contributed by atoms with E-state index in [2.05, 4.69) is 0 Å². The van der Waals surface area contributed by atoms with Gasteiger partial charge in [-0.1, -0.05) is 6.42 Å². The van der Waals surface area contributed by atoms with Crippen molar-refractivity contribution in [3.63, 3.8) is 0 Å². The maximum Gasteiger partial charge on any atom is 0.329 e. The highest BCUT2D eigenvalue weighted by Crippen LogP contribution is 2.35. The van der Waals surface area contributed by atoms with Crippen molar-refractivity contribution in [1.82, 2.24) is 4.90 Å². The highest BCUT2D eigenvalue weighted by Gasteiger charge is 2.46. The van der Waals surface area contributed by atoms with Crippen LogP contribution in [0.2, 0.25) is 0 Å². The van der Waals surface area contributed by atoms with Crippen molar-refractivity contribution < 1.29 is 19.4 Å². The summed E-state index contributed by atoms with van der Waals surface area (Å²) in [5.74, 6) is -0.470. The fourth-order valence-electron chi connectivity index (χ4n) is 3.12. The second kappa shape index (κ2) is 5.46. The van der Waals surface area contributed by atoms with Crippen molar-refractivity contribution in [2.75, 3.05) is 26.2 Å². The van der Waals surface area contributed by atoms with Gasteiger partial charge in [-0.3, -0.25) is 4.79 Å². The van der Waals surface area contributed by atoms with Crippen LogP contribution >= 0.6 is 0 Å². The van der Waals surface area contributed by atoms with E-state index in [0.29, 0.717) is 25.6 Å². The van der Waals surface area contributed by atoms with E-state index in [1.165, 1.54) is 0 Å². The molecule has 0 aromatic rings. The number of hydrogen-bond acceptors (Lipinski definition) is 4. The number of carbonyl (C=O) groups excluding carboxylic acids is 1. The zero-order chi connectivity index (χ0) is 14.0. The maximum absolute atomic E-state index is 12.3. The summed E-state index contributed by atoms with van der Waals surface area (Å²) in [6.45, 7) is 3.05. The van der Waals surface area contributed by atoms with Crippen LogP contribution in [-0.2, 0) is 14.3 Å². The van der Waals surface area contributed by atoms with Crippen molar-refractivity contribution in [3.05, 3.63) is 0 Å². The highest BCUT2D eigenvalue weighted by molar-refractivity contribution is 5.80. The summed E-state index contributed by atoms with van der Waals surface area (Å²) in [6, 6.07) is 0. The largest absolute Gasteiger partial charge is 0.480 e. The molecule has 1 aliphatic carbocycles. The standard InChI is InChI=1S/C13H22N2O4/c1-13(19-6-11(16)17)7-15(8-13)12(18)10-4-2-3-9(10)5-14/h9-10H,2-8,14H2,1H3,(H,16,17). The zero-order valence-electron chi connectivity index (χ0n) is 11.3. The lowest BCUT2D eigenvalue weighted by molar-refractivity contribution is -0.176. The van der Waals surface area contributed by atoms with Crippen LogP contribution in [0.3, 0.4) is 0 Å². The van der Waals surface area contributed by atoms with Gasteiger partial charge < -0.3 is 20.5 Å². The van der Waals surface area contributed by atoms with Crippen LogP contribution in [0.4, 0.5) is 0 Å². The fraction of sp³-hybridized carbons (Fsp3) is 0.846.